The van der Waals surface area contributed by atoms with Crippen LogP contribution in [0.25, 0.3) is 10.2 Å². The van der Waals surface area contributed by atoms with E-state index >= 15 is 0 Å². The number of aromatic nitrogens is 4. The third kappa shape index (κ3) is 3.21. The second kappa shape index (κ2) is 6.44. The lowest BCUT2D eigenvalue weighted by Gasteiger charge is -2.17. The highest BCUT2D eigenvalue weighted by Gasteiger charge is 2.18. The van der Waals surface area contributed by atoms with Crippen molar-refractivity contribution >= 4 is 33.3 Å². The first kappa shape index (κ1) is 16.0. The van der Waals surface area contributed by atoms with E-state index in [0.29, 0.717) is 13.1 Å². The third-order valence-corrected chi connectivity index (χ3v) is 5.19. The van der Waals surface area contributed by atoms with Crippen LogP contribution in [0.5, 0.6) is 0 Å². The lowest BCUT2D eigenvalue weighted by atomic mass is 10.3. The average Bonchev–Trinajstić information content (AvgIpc) is 3.14. The van der Waals surface area contributed by atoms with Gasteiger partial charge >= 0.3 is 0 Å². The minimum atomic E-state index is 0.116. The van der Waals surface area contributed by atoms with Crippen LogP contribution in [0.2, 0.25) is 0 Å². The summed E-state index contributed by atoms with van der Waals surface area (Å²) >= 11 is 1.62. The van der Waals surface area contributed by atoms with E-state index in [4.69, 9.17) is 0 Å². The van der Waals surface area contributed by atoms with Gasteiger partial charge in [-0.2, -0.15) is 5.10 Å². The number of fused-ring (bicyclic) bond motifs is 2. The Kier molecular flexibility index (Phi) is 4.12. The maximum absolute atomic E-state index is 11.7. The van der Waals surface area contributed by atoms with E-state index < -0.39 is 0 Å². The number of rotatable bonds is 3. The van der Waals surface area contributed by atoms with Crippen LogP contribution >= 0.6 is 11.3 Å². The first-order chi connectivity index (χ1) is 12.1. The summed E-state index contributed by atoms with van der Waals surface area (Å²) in [6.07, 6.45) is 0.932. The molecule has 1 N–H and O–H groups in total. The number of anilines is 1. The molecule has 130 valence electrons. The molecule has 3 aromatic rings. The van der Waals surface area contributed by atoms with Crippen LogP contribution in [-0.4, -0.2) is 37.1 Å². The molecule has 1 aliphatic rings. The van der Waals surface area contributed by atoms with E-state index in [9.17, 15) is 4.79 Å². The van der Waals surface area contributed by atoms with Gasteiger partial charge in [0.25, 0.3) is 0 Å². The molecule has 25 heavy (non-hydrogen) atoms. The SMILES string of the molecule is CC(=O)N1CCCn2nc(CNc3nc(C)nc4sccc34)cc2C1. The van der Waals surface area contributed by atoms with Gasteiger partial charge < -0.3 is 10.2 Å². The fraction of sp³-hybridized carbons (Fsp3) is 0.412. The van der Waals surface area contributed by atoms with Crippen LogP contribution in [0.15, 0.2) is 17.5 Å². The van der Waals surface area contributed by atoms with E-state index in [1.807, 2.05) is 28.0 Å². The van der Waals surface area contributed by atoms with Crippen molar-refractivity contribution in [3.05, 3.63) is 34.7 Å². The van der Waals surface area contributed by atoms with Gasteiger partial charge in [-0.1, -0.05) is 0 Å². The minimum absolute atomic E-state index is 0.116. The molecule has 0 atom stereocenters. The topological polar surface area (TPSA) is 75.9 Å². The Bertz CT molecular complexity index is 931. The number of carbonyl (C=O) groups is 1. The number of thiophene rings is 1. The smallest absolute Gasteiger partial charge is 0.219 e. The Morgan fingerprint density at radius 3 is 3.08 bits per heavy atom. The van der Waals surface area contributed by atoms with Gasteiger partial charge in [0.15, 0.2) is 0 Å². The molecule has 0 spiro atoms. The molecule has 4 heterocycles. The van der Waals surface area contributed by atoms with Crippen LogP contribution in [0.3, 0.4) is 0 Å². The summed E-state index contributed by atoms with van der Waals surface area (Å²) in [6.45, 7) is 6.39. The Labute approximate surface area is 149 Å². The molecule has 1 amide bonds. The normalized spacial score (nSPS) is 14.4. The highest BCUT2D eigenvalue weighted by atomic mass is 32.1. The predicted molar refractivity (Wildman–Crippen MR) is 97.4 cm³/mol. The van der Waals surface area contributed by atoms with Gasteiger partial charge in [-0.3, -0.25) is 9.48 Å². The van der Waals surface area contributed by atoms with Crippen molar-refractivity contribution in [2.45, 2.75) is 39.9 Å². The van der Waals surface area contributed by atoms with Crippen LogP contribution in [0, 0.1) is 6.92 Å². The molecule has 0 unspecified atom stereocenters. The molecular weight excluding hydrogens is 336 g/mol. The molecule has 0 aromatic carbocycles. The molecule has 0 saturated carbocycles. The fourth-order valence-corrected chi connectivity index (χ4v) is 3.96. The molecule has 4 rings (SSSR count). The van der Waals surface area contributed by atoms with Gasteiger partial charge in [0, 0.05) is 20.0 Å². The summed E-state index contributed by atoms with van der Waals surface area (Å²) < 4.78 is 2.02. The van der Waals surface area contributed by atoms with E-state index in [0.717, 1.165) is 52.8 Å². The van der Waals surface area contributed by atoms with Gasteiger partial charge in [-0.15, -0.1) is 11.3 Å². The maximum Gasteiger partial charge on any atom is 0.219 e. The number of carbonyl (C=O) groups excluding carboxylic acids is 1. The summed E-state index contributed by atoms with van der Waals surface area (Å²) in [6, 6.07) is 4.11. The zero-order chi connectivity index (χ0) is 17.4. The van der Waals surface area contributed by atoms with Crippen molar-refractivity contribution in [2.75, 3.05) is 11.9 Å². The molecule has 0 saturated heterocycles. The van der Waals surface area contributed by atoms with Crippen LogP contribution in [0.4, 0.5) is 5.82 Å². The van der Waals surface area contributed by atoms with Gasteiger partial charge in [-0.05, 0) is 30.9 Å². The molecule has 8 heteroatoms. The number of aryl methyl sites for hydroxylation is 2. The fourth-order valence-electron chi connectivity index (χ4n) is 3.15. The van der Waals surface area contributed by atoms with Crippen LogP contribution in [-0.2, 0) is 24.4 Å². The van der Waals surface area contributed by atoms with Gasteiger partial charge in [0.05, 0.1) is 29.9 Å². The highest BCUT2D eigenvalue weighted by molar-refractivity contribution is 7.16. The van der Waals surface area contributed by atoms with E-state index in [1.54, 1.807) is 18.3 Å². The standard InChI is InChI=1S/C17H20N6OS/c1-11-19-16(15-4-7-25-17(15)20-11)18-9-13-8-14-10-22(12(2)24)5-3-6-23(14)21-13/h4,7-8H,3,5-6,9-10H2,1-2H3,(H,18,19,20). The van der Waals surface area contributed by atoms with Crippen molar-refractivity contribution < 1.29 is 4.79 Å². The first-order valence-corrected chi connectivity index (χ1v) is 9.25. The van der Waals surface area contributed by atoms with Gasteiger partial charge in [0.2, 0.25) is 5.91 Å². The van der Waals surface area contributed by atoms with Gasteiger partial charge in [-0.25, -0.2) is 9.97 Å². The van der Waals surface area contributed by atoms with E-state index in [2.05, 4.69) is 26.4 Å². The molecule has 0 fully saturated rings. The number of hydrogen-bond donors (Lipinski definition) is 1. The second-order valence-corrected chi connectivity index (χ2v) is 7.15. The Hall–Kier alpha value is -2.48. The summed E-state index contributed by atoms with van der Waals surface area (Å²) in [4.78, 5) is 23.5. The summed E-state index contributed by atoms with van der Waals surface area (Å²) in [5.41, 5.74) is 2.05. The zero-order valence-electron chi connectivity index (χ0n) is 14.3. The minimum Gasteiger partial charge on any atom is -0.364 e. The number of nitrogens with one attached hydrogen (secondary N) is 1. The number of amides is 1. The molecule has 1 aliphatic heterocycles. The summed E-state index contributed by atoms with van der Waals surface area (Å²) in [5.74, 6) is 1.72. The maximum atomic E-state index is 11.7. The molecule has 0 aliphatic carbocycles. The lowest BCUT2D eigenvalue weighted by Crippen LogP contribution is -2.28. The molecule has 0 radical (unpaired) electrons. The molecule has 0 bridgehead atoms. The van der Waals surface area contributed by atoms with Crippen molar-refractivity contribution in [2.24, 2.45) is 0 Å². The van der Waals surface area contributed by atoms with E-state index in [-0.39, 0.29) is 5.91 Å². The number of hydrogen-bond acceptors (Lipinski definition) is 6. The Morgan fingerprint density at radius 1 is 1.36 bits per heavy atom. The van der Waals surface area contributed by atoms with Crippen molar-refractivity contribution in [3.63, 3.8) is 0 Å². The van der Waals surface area contributed by atoms with E-state index in [1.165, 1.54) is 0 Å². The van der Waals surface area contributed by atoms with Crippen molar-refractivity contribution in [1.29, 1.82) is 0 Å². The Balaban J connectivity index is 1.53. The third-order valence-electron chi connectivity index (χ3n) is 4.38. The van der Waals surface area contributed by atoms with Crippen molar-refractivity contribution in [3.8, 4) is 0 Å². The van der Waals surface area contributed by atoms with Crippen molar-refractivity contribution in [1.82, 2.24) is 24.6 Å². The second-order valence-electron chi connectivity index (χ2n) is 6.26. The molecule has 7 nitrogen and oxygen atoms in total. The highest BCUT2D eigenvalue weighted by Crippen LogP contribution is 2.25. The first-order valence-electron chi connectivity index (χ1n) is 8.37. The lowest BCUT2D eigenvalue weighted by molar-refractivity contribution is -0.129. The predicted octanol–water partition coefficient (Wildman–Crippen LogP) is 2.56. The van der Waals surface area contributed by atoms with Gasteiger partial charge in [0.1, 0.15) is 16.5 Å². The zero-order valence-corrected chi connectivity index (χ0v) is 15.1. The molecule has 3 aromatic heterocycles. The summed E-state index contributed by atoms with van der Waals surface area (Å²) in [5, 5.41) is 11.1. The molecular formula is C17H20N6OS. The quantitative estimate of drug-likeness (QED) is 0.780. The Morgan fingerprint density at radius 2 is 2.24 bits per heavy atom. The summed E-state index contributed by atoms with van der Waals surface area (Å²) in [7, 11) is 0. The largest absolute Gasteiger partial charge is 0.364 e. The van der Waals surface area contributed by atoms with Crippen LogP contribution in [0.1, 0.15) is 30.6 Å². The monoisotopic (exact) mass is 356 g/mol. The van der Waals surface area contributed by atoms with Crippen LogP contribution < -0.4 is 5.32 Å². The average molecular weight is 356 g/mol. The number of nitrogens with zero attached hydrogens (tertiary/aromatic N) is 5.